The topological polar surface area (TPSA) is 63.1 Å². The molecule has 0 saturated heterocycles. The van der Waals surface area contributed by atoms with E-state index in [9.17, 15) is 4.79 Å². The van der Waals surface area contributed by atoms with Gasteiger partial charge in [0.05, 0.1) is 15.9 Å². The molecule has 1 aliphatic carbocycles. The lowest BCUT2D eigenvalue weighted by Crippen LogP contribution is -2.32. The number of benzene rings is 1. The molecule has 0 saturated carbocycles. The molecule has 0 atom stereocenters. The monoisotopic (exact) mass is 467 g/mol. The van der Waals surface area contributed by atoms with E-state index in [0.717, 1.165) is 105 Å². The summed E-state index contributed by atoms with van der Waals surface area (Å²) in [6.45, 7) is 9.12. The fourth-order valence-corrected chi connectivity index (χ4v) is 5.69. The quantitative estimate of drug-likeness (QED) is 0.384. The Balaban J connectivity index is 1.26. The summed E-state index contributed by atoms with van der Waals surface area (Å²) in [7, 11) is 0. The SMILES string of the molecule is CCCN(CCCCc1nc2c(c(=O)n1CC)CCCC2)CCNc1nc2ccccc2s1. The van der Waals surface area contributed by atoms with E-state index in [2.05, 4.69) is 47.2 Å². The van der Waals surface area contributed by atoms with Crippen LogP contribution in [0.25, 0.3) is 10.2 Å². The molecule has 2 aromatic heterocycles. The number of thiazole rings is 1. The van der Waals surface area contributed by atoms with Crippen molar-refractivity contribution in [3.8, 4) is 0 Å². The summed E-state index contributed by atoms with van der Waals surface area (Å²) in [6, 6.07) is 8.29. The first-order chi connectivity index (χ1) is 16.2. The Kier molecular flexibility index (Phi) is 8.51. The third-order valence-corrected chi connectivity index (χ3v) is 7.49. The number of hydrogen-bond acceptors (Lipinski definition) is 6. The van der Waals surface area contributed by atoms with Gasteiger partial charge in [-0.15, -0.1) is 0 Å². The van der Waals surface area contributed by atoms with Crippen molar-refractivity contribution in [3.63, 3.8) is 0 Å². The highest BCUT2D eigenvalue weighted by atomic mass is 32.1. The minimum absolute atomic E-state index is 0.214. The first-order valence-electron chi connectivity index (χ1n) is 12.6. The lowest BCUT2D eigenvalue weighted by Gasteiger charge is -2.22. The van der Waals surface area contributed by atoms with Crippen LogP contribution in [0.1, 0.15) is 63.0 Å². The summed E-state index contributed by atoms with van der Waals surface area (Å²) < 4.78 is 3.14. The summed E-state index contributed by atoms with van der Waals surface area (Å²) in [4.78, 5) is 25.0. The van der Waals surface area contributed by atoms with E-state index in [4.69, 9.17) is 4.98 Å². The van der Waals surface area contributed by atoms with Crippen molar-refractivity contribution in [2.45, 2.75) is 71.8 Å². The normalized spacial score (nSPS) is 13.5. The van der Waals surface area contributed by atoms with Gasteiger partial charge in [-0.2, -0.15) is 0 Å². The van der Waals surface area contributed by atoms with Gasteiger partial charge in [0.1, 0.15) is 5.82 Å². The lowest BCUT2D eigenvalue weighted by molar-refractivity contribution is 0.278. The Morgan fingerprint density at radius 2 is 1.91 bits per heavy atom. The highest BCUT2D eigenvalue weighted by Gasteiger charge is 2.18. The molecule has 0 unspecified atom stereocenters. The number of aryl methyl sites for hydroxylation is 2. The van der Waals surface area contributed by atoms with E-state index < -0.39 is 0 Å². The fourth-order valence-electron chi connectivity index (χ4n) is 4.80. The van der Waals surface area contributed by atoms with Crippen LogP contribution < -0.4 is 10.9 Å². The van der Waals surface area contributed by atoms with Crippen molar-refractivity contribution in [1.82, 2.24) is 19.4 Å². The van der Waals surface area contributed by atoms with E-state index in [0.29, 0.717) is 6.54 Å². The van der Waals surface area contributed by atoms with Crippen molar-refractivity contribution in [2.24, 2.45) is 0 Å². The maximum absolute atomic E-state index is 12.9. The largest absolute Gasteiger partial charge is 0.360 e. The van der Waals surface area contributed by atoms with E-state index in [1.807, 2.05) is 10.6 Å². The third-order valence-electron chi connectivity index (χ3n) is 6.50. The lowest BCUT2D eigenvalue weighted by atomic mass is 9.97. The summed E-state index contributed by atoms with van der Waals surface area (Å²) in [5.74, 6) is 0.989. The van der Waals surface area contributed by atoms with Crippen molar-refractivity contribution in [3.05, 3.63) is 51.7 Å². The standard InChI is InChI=1S/C26H37N5OS/c1-3-17-30(19-16-27-26-29-22-13-7-8-14-23(22)33-26)18-10-9-15-24-28-21-12-6-5-11-20(21)25(32)31(24)4-2/h7-8,13-14H,3-6,9-12,15-19H2,1-2H3,(H,27,29). The molecule has 0 radical (unpaired) electrons. The van der Waals surface area contributed by atoms with Gasteiger partial charge >= 0.3 is 0 Å². The maximum atomic E-state index is 12.9. The summed E-state index contributed by atoms with van der Waals surface area (Å²) >= 11 is 1.72. The average Bonchev–Trinajstić information content (AvgIpc) is 3.25. The molecule has 6 nitrogen and oxygen atoms in total. The number of rotatable bonds is 12. The van der Waals surface area contributed by atoms with Crippen LogP contribution in [0.15, 0.2) is 29.1 Å². The fraction of sp³-hybridized carbons (Fsp3) is 0.577. The van der Waals surface area contributed by atoms with Crippen molar-refractivity contribution in [1.29, 1.82) is 0 Å². The van der Waals surface area contributed by atoms with E-state index in [1.165, 1.54) is 4.70 Å². The zero-order valence-electron chi connectivity index (χ0n) is 20.1. The van der Waals surface area contributed by atoms with Crippen LogP contribution in [0.2, 0.25) is 0 Å². The van der Waals surface area contributed by atoms with Crippen LogP contribution >= 0.6 is 11.3 Å². The van der Waals surface area contributed by atoms with Gasteiger partial charge in [-0.3, -0.25) is 9.36 Å². The Bertz CT molecular complexity index is 1070. The minimum atomic E-state index is 0.214. The van der Waals surface area contributed by atoms with Gasteiger partial charge in [0.2, 0.25) is 0 Å². The van der Waals surface area contributed by atoms with Crippen molar-refractivity contribution < 1.29 is 0 Å². The van der Waals surface area contributed by atoms with Gasteiger partial charge in [0, 0.05) is 31.6 Å². The van der Waals surface area contributed by atoms with Gasteiger partial charge in [0.15, 0.2) is 5.13 Å². The van der Waals surface area contributed by atoms with Gasteiger partial charge in [-0.05, 0) is 77.1 Å². The van der Waals surface area contributed by atoms with E-state index >= 15 is 0 Å². The molecule has 33 heavy (non-hydrogen) atoms. The number of hydrogen-bond donors (Lipinski definition) is 1. The van der Waals surface area contributed by atoms with Gasteiger partial charge in [-0.1, -0.05) is 30.4 Å². The molecule has 7 heteroatoms. The van der Waals surface area contributed by atoms with E-state index in [-0.39, 0.29) is 5.56 Å². The molecule has 0 fully saturated rings. The molecule has 3 aromatic rings. The average molecular weight is 468 g/mol. The zero-order chi connectivity index (χ0) is 23.0. The Hall–Kier alpha value is -2.25. The van der Waals surface area contributed by atoms with Crippen LogP contribution in [-0.4, -0.2) is 45.6 Å². The van der Waals surface area contributed by atoms with Gasteiger partial charge < -0.3 is 10.2 Å². The van der Waals surface area contributed by atoms with Gasteiger partial charge in [0.25, 0.3) is 5.56 Å². The van der Waals surface area contributed by atoms with Crippen molar-refractivity contribution >= 4 is 26.7 Å². The number of nitrogens with one attached hydrogen (secondary N) is 1. The van der Waals surface area contributed by atoms with Crippen LogP contribution in [0.3, 0.4) is 0 Å². The highest BCUT2D eigenvalue weighted by Crippen LogP contribution is 2.25. The number of para-hydroxylation sites is 1. The summed E-state index contributed by atoms with van der Waals surface area (Å²) in [5.41, 5.74) is 3.32. The number of unbranched alkanes of at least 4 members (excludes halogenated alkanes) is 1. The van der Waals surface area contributed by atoms with Crippen LogP contribution in [0.4, 0.5) is 5.13 Å². The second-order valence-electron chi connectivity index (χ2n) is 8.92. The first-order valence-corrected chi connectivity index (χ1v) is 13.4. The zero-order valence-corrected chi connectivity index (χ0v) is 20.9. The van der Waals surface area contributed by atoms with Crippen LogP contribution in [-0.2, 0) is 25.8 Å². The summed E-state index contributed by atoms with van der Waals surface area (Å²) in [6.07, 6.45) is 8.38. The predicted molar refractivity (Wildman–Crippen MR) is 139 cm³/mol. The molecule has 0 spiro atoms. The number of anilines is 1. The highest BCUT2D eigenvalue weighted by molar-refractivity contribution is 7.22. The molecule has 1 N–H and O–H groups in total. The van der Waals surface area contributed by atoms with Gasteiger partial charge in [-0.25, -0.2) is 9.97 Å². The molecule has 2 heterocycles. The molecule has 4 rings (SSSR count). The predicted octanol–water partition coefficient (Wildman–Crippen LogP) is 4.90. The van der Waals surface area contributed by atoms with Crippen LogP contribution in [0, 0.1) is 0 Å². The maximum Gasteiger partial charge on any atom is 0.256 e. The first kappa shape index (κ1) is 23.9. The molecular formula is C26H37N5OS. The van der Waals surface area contributed by atoms with Crippen molar-refractivity contribution in [2.75, 3.05) is 31.5 Å². The second-order valence-corrected chi connectivity index (χ2v) is 9.95. The Morgan fingerprint density at radius 3 is 2.73 bits per heavy atom. The molecule has 178 valence electrons. The molecule has 0 aliphatic heterocycles. The molecule has 0 bridgehead atoms. The molecule has 0 amide bonds. The van der Waals surface area contributed by atoms with Crippen LogP contribution in [0.5, 0.6) is 0 Å². The van der Waals surface area contributed by atoms with E-state index in [1.54, 1.807) is 11.3 Å². The smallest absolute Gasteiger partial charge is 0.256 e. The number of nitrogens with zero attached hydrogens (tertiary/aromatic N) is 4. The second kappa shape index (κ2) is 11.7. The molecule has 1 aromatic carbocycles. The Labute approximate surface area is 201 Å². The number of aromatic nitrogens is 3. The minimum Gasteiger partial charge on any atom is -0.360 e. The summed E-state index contributed by atoms with van der Waals surface area (Å²) in [5, 5.41) is 4.51. The molecule has 1 aliphatic rings. The molecular weight excluding hydrogens is 430 g/mol. The number of fused-ring (bicyclic) bond motifs is 2. The Morgan fingerprint density at radius 1 is 1.06 bits per heavy atom. The third kappa shape index (κ3) is 6.01.